The van der Waals surface area contributed by atoms with E-state index in [1.54, 1.807) is 0 Å². The van der Waals surface area contributed by atoms with Crippen LogP contribution < -0.4 is 4.90 Å². The minimum atomic E-state index is 0.652. The van der Waals surface area contributed by atoms with Crippen molar-refractivity contribution in [2.75, 3.05) is 16.8 Å². The summed E-state index contributed by atoms with van der Waals surface area (Å²) in [5.74, 6) is 1.16. The summed E-state index contributed by atoms with van der Waals surface area (Å²) >= 11 is 3.61. The number of fused-ring (bicyclic) bond motifs is 1. The van der Waals surface area contributed by atoms with Gasteiger partial charge >= 0.3 is 0 Å². The molecule has 1 fully saturated rings. The monoisotopic (exact) mass is 332 g/mol. The zero-order chi connectivity index (χ0) is 13.8. The average Bonchev–Trinajstić information content (AvgIpc) is 2.53. The molecule has 1 heterocycles. The molecular weight excluding hydrogens is 312 g/mol. The third-order valence-corrected chi connectivity index (χ3v) is 4.62. The highest BCUT2D eigenvalue weighted by molar-refractivity contribution is 9.09. The van der Waals surface area contributed by atoms with E-state index >= 15 is 0 Å². The Hall–Kier alpha value is -1.09. The van der Waals surface area contributed by atoms with Crippen molar-refractivity contribution in [2.45, 2.75) is 38.1 Å². The lowest BCUT2D eigenvalue weighted by atomic mass is 9.94. The lowest BCUT2D eigenvalue weighted by molar-refractivity contribution is 0.417. The van der Waals surface area contributed by atoms with Crippen LogP contribution in [0.1, 0.15) is 32.1 Å². The van der Waals surface area contributed by atoms with Gasteiger partial charge in [-0.3, -0.25) is 0 Å². The highest BCUT2D eigenvalue weighted by Gasteiger charge is 2.23. The second-order valence-corrected chi connectivity index (χ2v) is 6.32. The normalized spacial score (nSPS) is 16.4. The Morgan fingerprint density at radius 1 is 1.10 bits per heavy atom. The van der Waals surface area contributed by atoms with E-state index in [-0.39, 0.29) is 0 Å². The molecule has 0 spiro atoms. The lowest BCUT2D eigenvalue weighted by Gasteiger charge is -2.35. The number of halogens is 1. The van der Waals surface area contributed by atoms with Gasteiger partial charge in [0.2, 0.25) is 0 Å². The van der Waals surface area contributed by atoms with Crippen LogP contribution in [0.5, 0.6) is 0 Å². The first kappa shape index (κ1) is 13.9. The van der Waals surface area contributed by atoms with Gasteiger partial charge in [-0.1, -0.05) is 59.5 Å². The van der Waals surface area contributed by atoms with Crippen LogP contribution in [0.15, 0.2) is 36.5 Å². The van der Waals surface area contributed by atoms with Gasteiger partial charge in [-0.05, 0) is 24.3 Å². The van der Waals surface area contributed by atoms with Crippen molar-refractivity contribution in [1.82, 2.24) is 4.98 Å². The van der Waals surface area contributed by atoms with E-state index in [2.05, 4.69) is 51.2 Å². The van der Waals surface area contributed by atoms with E-state index in [4.69, 9.17) is 4.98 Å². The molecular formula is C17H21BrN2. The smallest absolute Gasteiger partial charge is 0.136 e. The minimum Gasteiger partial charge on any atom is -0.352 e. The zero-order valence-electron chi connectivity index (χ0n) is 11.8. The summed E-state index contributed by atoms with van der Waals surface area (Å²) in [6.07, 6.45) is 8.65. The van der Waals surface area contributed by atoms with Gasteiger partial charge in [0.15, 0.2) is 0 Å². The van der Waals surface area contributed by atoms with Crippen molar-refractivity contribution in [3.63, 3.8) is 0 Å². The van der Waals surface area contributed by atoms with Crippen molar-refractivity contribution < 1.29 is 0 Å². The summed E-state index contributed by atoms with van der Waals surface area (Å²) < 4.78 is 0. The van der Waals surface area contributed by atoms with Gasteiger partial charge in [-0.25, -0.2) is 4.98 Å². The number of pyridine rings is 1. The number of rotatable bonds is 4. The molecule has 2 aromatic rings. The van der Waals surface area contributed by atoms with Crippen LogP contribution in [-0.2, 0) is 0 Å². The van der Waals surface area contributed by atoms with E-state index < -0.39 is 0 Å². The SMILES string of the molecule is BrCCN(c1nccc2ccccc12)C1CCCCC1. The summed E-state index contributed by atoms with van der Waals surface area (Å²) in [7, 11) is 0. The summed E-state index contributed by atoms with van der Waals surface area (Å²) in [5.41, 5.74) is 0. The molecule has 3 heteroatoms. The predicted octanol–water partition coefficient (Wildman–Crippen LogP) is 4.77. The molecule has 0 saturated heterocycles. The van der Waals surface area contributed by atoms with Crippen molar-refractivity contribution in [3.8, 4) is 0 Å². The quantitative estimate of drug-likeness (QED) is 0.750. The Labute approximate surface area is 129 Å². The molecule has 106 valence electrons. The molecule has 0 atom stereocenters. The lowest BCUT2D eigenvalue weighted by Crippen LogP contribution is -2.38. The summed E-state index contributed by atoms with van der Waals surface area (Å²) in [5, 5.41) is 3.56. The van der Waals surface area contributed by atoms with Crippen molar-refractivity contribution >= 4 is 32.5 Å². The van der Waals surface area contributed by atoms with Gasteiger partial charge in [-0.15, -0.1) is 0 Å². The molecule has 0 unspecified atom stereocenters. The van der Waals surface area contributed by atoms with E-state index in [0.717, 1.165) is 17.7 Å². The number of nitrogens with zero attached hydrogens (tertiary/aromatic N) is 2. The molecule has 1 aliphatic rings. The molecule has 1 saturated carbocycles. The van der Waals surface area contributed by atoms with Crippen LogP contribution in [0, 0.1) is 0 Å². The highest BCUT2D eigenvalue weighted by Crippen LogP contribution is 2.30. The molecule has 1 aromatic carbocycles. The number of hydrogen-bond acceptors (Lipinski definition) is 2. The van der Waals surface area contributed by atoms with Gasteiger partial charge in [0, 0.05) is 29.5 Å². The van der Waals surface area contributed by atoms with Crippen LogP contribution >= 0.6 is 15.9 Å². The molecule has 3 rings (SSSR count). The van der Waals surface area contributed by atoms with Gasteiger partial charge < -0.3 is 4.90 Å². The number of anilines is 1. The molecule has 0 bridgehead atoms. The number of benzene rings is 1. The van der Waals surface area contributed by atoms with Crippen LogP contribution in [-0.4, -0.2) is 22.9 Å². The Morgan fingerprint density at radius 3 is 2.70 bits per heavy atom. The summed E-state index contributed by atoms with van der Waals surface area (Å²) in [6, 6.07) is 11.3. The van der Waals surface area contributed by atoms with E-state index in [9.17, 15) is 0 Å². The Morgan fingerprint density at radius 2 is 1.90 bits per heavy atom. The van der Waals surface area contributed by atoms with E-state index in [1.807, 2.05) is 6.20 Å². The fourth-order valence-corrected chi connectivity index (χ4v) is 3.66. The fourth-order valence-electron chi connectivity index (χ4n) is 3.28. The van der Waals surface area contributed by atoms with Crippen LogP contribution in [0.3, 0.4) is 0 Å². The first-order valence-electron chi connectivity index (χ1n) is 7.56. The Balaban J connectivity index is 2.00. The molecule has 0 aliphatic heterocycles. The van der Waals surface area contributed by atoms with Crippen LogP contribution in [0.25, 0.3) is 10.8 Å². The predicted molar refractivity (Wildman–Crippen MR) is 89.8 cm³/mol. The van der Waals surface area contributed by atoms with Gasteiger partial charge in [0.05, 0.1) is 0 Å². The summed E-state index contributed by atoms with van der Waals surface area (Å²) in [4.78, 5) is 7.23. The van der Waals surface area contributed by atoms with Crippen LogP contribution in [0.2, 0.25) is 0 Å². The first-order chi connectivity index (χ1) is 9.90. The third-order valence-electron chi connectivity index (χ3n) is 4.27. The molecule has 0 N–H and O–H groups in total. The molecule has 0 radical (unpaired) electrons. The second kappa shape index (κ2) is 6.57. The second-order valence-electron chi connectivity index (χ2n) is 5.53. The van der Waals surface area contributed by atoms with Crippen molar-refractivity contribution in [3.05, 3.63) is 36.5 Å². The van der Waals surface area contributed by atoms with Crippen LogP contribution in [0.4, 0.5) is 5.82 Å². The zero-order valence-corrected chi connectivity index (χ0v) is 13.3. The standard InChI is InChI=1S/C17H21BrN2/c18-11-13-20(15-7-2-1-3-8-15)17-16-9-5-4-6-14(16)10-12-19-17/h4-6,9-10,12,15H,1-3,7-8,11,13H2. The average molecular weight is 333 g/mol. The van der Waals surface area contributed by atoms with Crippen molar-refractivity contribution in [2.24, 2.45) is 0 Å². The first-order valence-corrected chi connectivity index (χ1v) is 8.68. The highest BCUT2D eigenvalue weighted by atomic mass is 79.9. The molecule has 2 nitrogen and oxygen atoms in total. The molecule has 1 aliphatic carbocycles. The molecule has 0 amide bonds. The van der Waals surface area contributed by atoms with Gasteiger partial charge in [-0.2, -0.15) is 0 Å². The Bertz CT molecular complexity index is 558. The Kier molecular flexibility index (Phi) is 4.56. The topological polar surface area (TPSA) is 16.1 Å². The number of alkyl halides is 1. The fraction of sp³-hybridized carbons (Fsp3) is 0.471. The molecule has 20 heavy (non-hydrogen) atoms. The maximum atomic E-state index is 4.71. The van der Waals surface area contributed by atoms with Gasteiger partial charge in [0.1, 0.15) is 5.82 Å². The third kappa shape index (κ3) is 2.83. The number of aromatic nitrogens is 1. The minimum absolute atomic E-state index is 0.652. The van der Waals surface area contributed by atoms with E-state index in [0.29, 0.717) is 6.04 Å². The largest absolute Gasteiger partial charge is 0.352 e. The van der Waals surface area contributed by atoms with E-state index in [1.165, 1.54) is 42.9 Å². The van der Waals surface area contributed by atoms with Gasteiger partial charge in [0.25, 0.3) is 0 Å². The van der Waals surface area contributed by atoms with Crippen molar-refractivity contribution in [1.29, 1.82) is 0 Å². The maximum absolute atomic E-state index is 4.71. The summed E-state index contributed by atoms with van der Waals surface area (Å²) in [6.45, 7) is 1.03. The molecule has 1 aromatic heterocycles. The number of hydrogen-bond donors (Lipinski definition) is 0. The maximum Gasteiger partial charge on any atom is 0.136 e.